The topological polar surface area (TPSA) is 127 Å². The Morgan fingerprint density at radius 1 is 0.696 bits per heavy atom. The minimum Gasteiger partial charge on any atom is -0.813 e. The third kappa shape index (κ3) is 437. The predicted octanol–water partition coefficient (Wildman–Crippen LogP) is -5.39. The quantitative estimate of drug-likeness (QED) is 0.196. The number of hydrogen-bond donors (Lipinski definition) is 3. The van der Waals surface area contributed by atoms with Crippen LogP contribution in [0.25, 0.3) is 0 Å². The van der Waals surface area contributed by atoms with Crippen molar-refractivity contribution in [1.82, 2.24) is 5.32 Å². The summed E-state index contributed by atoms with van der Waals surface area (Å²) in [6.45, 7) is 33.1. The van der Waals surface area contributed by atoms with E-state index in [-0.39, 0.29) is 59.1 Å². The maximum atomic E-state index is 8.52. The van der Waals surface area contributed by atoms with E-state index in [1.54, 1.807) is 0 Å². The van der Waals surface area contributed by atoms with Crippen molar-refractivity contribution in [3.05, 3.63) is 65.8 Å². The zero-order valence-electron chi connectivity index (χ0n) is 15.3. The van der Waals surface area contributed by atoms with Crippen molar-refractivity contribution in [1.29, 1.82) is 0 Å². The monoisotopic (exact) mass is 369 g/mol. The minimum atomic E-state index is -3.63. The van der Waals surface area contributed by atoms with Crippen molar-refractivity contribution in [2.24, 2.45) is 11.5 Å². The molecule has 0 aliphatic carbocycles. The maximum Gasteiger partial charge on any atom is 1.00 e. The summed E-state index contributed by atoms with van der Waals surface area (Å²) in [5.74, 6) is 0. The van der Waals surface area contributed by atoms with Gasteiger partial charge in [-0.05, 0) is 0 Å². The summed E-state index contributed by atoms with van der Waals surface area (Å²) in [7, 11) is -3.63. The molecule has 0 saturated carbocycles. The molecule has 0 saturated heterocycles. The van der Waals surface area contributed by atoms with Gasteiger partial charge in [-0.3, -0.25) is 0 Å². The van der Waals surface area contributed by atoms with E-state index in [0.29, 0.717) is 13.1 Å². The van der Waals surface area contributed by atoms with Crippen LogP contribution >= 0.6 is 8.25 Å². The molecule has 0 spiro atoms. The average Bonchev–Trinajstić information content (AvgIpc) is 2.57. The number of nitrogens with two attached hydrogens (primary N) is 2. The smallest absolute Gasteiger partial charge is 0.813 e. The van der Waals surface area contributed by atoms with Crippen LogP contribution in [0.3, 0.4) is 0 Å². The second-order valence-corrected chi connectivity index (χ2v) is 2.08. The summed E-state index contributed by atoms with van der Waals surface area (Å²) >= 11 is 0. The zero-order valence-corrected chi connectivity index (χ0v) is 20.3. The van der Waals surface area contributed by atoms with E-state index in [0.717, 1.165) is 13.1 Å². The Labute approximate surface area is 189 Å². The molecular weight excluding hydrogens is 335 g/mol. The normalized spacial score (nSPS) is 5.26. The number of rotatable bonds is 4. The van der Waals surface area contributed by atoms with Gasteiger partial charge in [0.1, 0.15) is 0 Å². The molecule has 0 aliphatic heterocycles. The molecule has 5 N–H and O–H groups in total. The van der Waals surface area contributed by atoms with Gasteiger partial charge in [-0.1, -0.05) is 8.25 Å². The third-order valence-electron chi connectivity index (χ3n) is 0.642. The molecule has 0 radical (unpaired) electrons. The van der Waals surface area contributed by atoms with Crippen LogP contribution in [-0.4, -0.2) is 26.2 Å². The molecule has 0 heterocycles. The molecule has 9 heteroatoms. The molecule has 0 amide bonds. The van der Waals surface area contributed by atoms with Gasteiger partial charge in [-0.15, -0.1) is 65.8 Å². The van der Waals surface area contributed by atoms with Crippen LogP contribution in [0, 0.1) is 0 Å². The third-order valence-corrected chi connectivity index (χ3v) is 0.642. The molecule has 6 nitrogen and oxygen atoms in total. The van der Waals surface area contributed by atoms with Gasteiger partial charge in [-0.2, -0.15) is 0 Å². The summed E-state index contributed by atoms with van der Waals surface area (Å²) < 4.78 is 8.52. The van der Waals surface area contributed by atoms with Crippen LogP contribution in [0.1, 0.15) is 0 Å². The van der Waals surface area contributed by atoms with Gasteiger partial charge in [0.15, 0.2) is 0 Å². The van der Waals surface area contributed by atoms with Crippen molar-refractivity contribution in [2.45, 2.75) is 0 Å². The second-order valence-electron chi connectivity index (χ2n) is 1.58. The summed E-state index contributed by atoms with van der Waals surface area (Å²) in [4.78, 5) is 17.0. The SMILES string of the molecule is C=C.C=C.C=C.C=C.C=C.NCCNCCN.O=[PH]([O-])[O-].[Na+].[Na+]. The predicted molar refractivity (Wildman–Crippen MR) is 96.3 cm³/mol. The summed E-state index contributed by atoms with van der Waals surface area (Å²) in [5.41, 5.74) is 10.3. The Balaban J connectivity index is -0.0000000154. The van der Waals surface area contributed by atoms with E-state index in [1.807, 2.05) is 0 Å². The maximum absolute atomic E-state index is 8.52. The zero-order chi connectivity index (χ0) is 19.1. The average molecular weight is 369 g/mol. The van der Waals surface area contributed by atoms with E-state index in [4.69, 9.17) is 25.8 Å². The standard InChI is InChI=1S/C4H13N3.5C2H4.2Na.H3O3P/c5-1-3-7-4-2-6;5*1-2;;;1-4(2)3/h7H,1-6H2;5*1-2H2;;;4H,(H2,1,2,3)/q;;;;;;2*+1;/p-2. The summed E-state index contributed by atoms with van der Waals surface area (Å²) in [5, 5.41) is 3.03. The van der Waals surface area contributed by atoms with Crippen LogP contribution < -0.4 is 85.7 Å². The molecule has 0 unspecified atom stereocenters. The van der Waals surface area contributed by atoms with E-state index in [9.17, 15) is 0 Å². The molecule has 0 aromatic carbocycles. The van der Waals surface area contributed by atoms with Gasteiger partial charge in [0.05, 0.1) is 0 Å². The Morgan fingerprint density at radius 3 is 0.913 bits per heavy atom. The van der Waals surface area contributed by atoms with E-state index < -0.39 is 8.25 Å². The van der Waals surface area contributed by atoms with Gasteiger partial charge in [0.25, 0.3) is 0 Å². The number of hydrogen-bond acceptors (Lipinski definition) is 6. The number of nitrogens with one attached hydrogen (secondary N) is 1. The summed E-state index contributed by atoms with van der Waals surface area (Å²) in [6, 6.07) is 0. The van der Waals surface area contributed by atoms with Crippen LogP contribution in [-0.2, 0) is 4.57 Å². The van der Waals surface area contributed by atoms with E-state index >= 15 is 0 Å². The molecule has 0 aromatic rings. The van der Waals surface area contributed by atoms with Crippen molar-refractivity contribution in [3.63, 3.8) is 0 Å². The Hall–Kier alpha value is 0.730. The van der Waals surface area contributed by atoms with Gasteiger partial charge < -0.3 is 31.1 Å². The molecule has 0 atom stereocenters. The first-order valence-electron chi connectivity index (χ1n) is 5.64. The van der Waals surface area contributed by atoms with Crippen molar-refractivity contribution >= 4 is 8.25 Å². The van der Waals surface area contributed by atoms with Crippen molar-refractivity contribution in [2.75, 3.05) is 26.2 Å². The van der Waals surface area contributed by atoms with E-state index in [2.05, 4.69) is 71.1 Å². The largest absolute Gasteiger partial charge is 1.00 e. The van der Waals surface area contributed by atoms with E-state index in [1.165, 1.54) is 0 Å². The van der Waals surface area contributed by atoms with Gasteiger partial charge >= 0.3 is 59.1 Å². The molecule has 130 valence electrons. The minimum absolute atomic E-state index is 0. The Bertz CT molecular complexity index is 144. The fourth-order valence-electron chi connectivity index (χ4n) is 0.329. The van der Waals surface area contributed by atoms with Gasteiger partial charge in [0, 0.05) is 26.2 Å². The fraction of sp³-hybridized carbons (Fsp3) is 0.286. The summed E-state index contributed by atoms with van der Waals surface area (Å²) in [6.07, 6.45) is 0. The molecule has 0 aliphatic rings. The fourth-order valence-corrected chi connectivity index (χ4v) is 0.329. The molecule has 0 fully saturated rings. The van der Waals surface area contributed by atoms with Crippen LogP contribution in [0.5, 0.6) is 0 Å². The van der Waals surface area contributed by atoms with Crippen molar-refractivity contribution in [3.8, 4) is 0 Å². The first kappa shape index (κ1) is 56.5. The Morgan fingerprint density at radius 2 is 0.826 bits per heavy atom. The molecule has 0 bridgehead atoms. The second kappa shape index (κ2) is 141. The molecule has 23 heavy (non-hydrogen) atoms. The van der Waals surface area contributed by atoms with Gasteiger partial charge in [0.2, 0.25) is 0 Å². The van der Waals surface area contributed by atoms with Gasteiger partial charge in [-0.25, -0.2) is 0 Å². The van der Waals surface area contributed by atoms with Crippen LogP contribution in [0.2, 0.25) is 0 Å². The van der Waals surface area contributed by atoms with Crippen LogP contribution in [0.15, 0.2) is 65.8 Å². The van der Waals surface area contributed by atoms with Crippen molar-refractivity contribution < 1.29 is 73.5 Å². The molecular formula is C14H34N3Na2O3P. The molecule has 0 rings (SSSR count). The first-order valence-corrected chi connectivity index (χ1v) is 6.86. The van der Waals surface area contributed by atoms with Crippen LogP contribution in [0.4, 0.5) is 0 Å². The molecule has 0 aromatic heterocycles. The first-order chi connectivity index (χ1) is 10.1. The Kier molecular flexibility index (Phi) is 346.